The lowest BCUT2D eigenvalue weighted by Gasteiger charge is -2.14. The number of rotatable bonds is 5. The van der Waals surface area contributed by atoms with Crippen molar-refractivity contribution in [2.24, 2.45) is 0 Å². The van der Waals surface area contributed by atoms with E-state index in [0.29, 0.717) is 0 Å². The van der Waals surface area contributed by atoms with Crippen LogP contribution in [-0.4, -0.2) is 11.0 Å². The van der Waals surface area contributed by atoms with Gasteiger partial charge >= 0.3 is 0 Å². The Kier molecular flexibility index (Phi) is 5.51. The summed E-state index contributed by atoms with van der Waals surface area (Å²) in [4.78, 5) is 0. The molecule has 1 nitrogen and oxygen atoms in total. The number of ether oxygens (including phenoxy) is 1. The summed E-state index contributed by atoms with van der Waals surface area (Å²) >= 11 is 2.41. The lowest BCUT2D eigenvalue weighted by atomic mass is 10.1. The summed E-state index contributed by atoms with van der Waals surface area (Å²) in [7, 11) is 0. The molecule has 0 saturated carbocycles. The highest BCUT2D eigenvalue weighted by atomic mass is 127. The first-order valence-corrected chi connectivity index (χ1v) is 6.46. The smallest absolute Gasteiger partial charge is 0.0962 e. The Bertz CT molecular complexity index is 206. The van der Waals surface area contributed by atoms with E-state index in [2.05, 4.69) is 41.7 Å². The van der Waals surface area contributed by atoms with Crippen LogP contribution in [0.5, 0.6) is 0 Å². The van der Waals surface area contributed by atoms with Gasteiger partial charge in [-0.05, 0) is 18.9 Å². The molecule has 2 heteroatoms. The SMILES string of the molecule is CCCCOC1=CC=C(CI)CC1. The Labute approximate surface area is 94.4 Å². The van der Waals surface area contributed by atoms with E-state index in [1.807, 2.05) is 0 Å². The third-order valence-electron chi connectivity index (χ3n) is 2.15. The van der Waals surface area contributed by atoms with E-state index in [9.17, 15) is 0 Å². The van der Waals surface area contributed by atoms with Gasteiger partial charge in [0, 0.05) is 10.8 Å². The molecule has 0 atom stereocenters. The highest BCUT2D eigenvalue weighted by Gasteiger charge is 2.05. The molecule has 0 heterocycles. The summed E-state index contributed by atoms with van der Waals surface area (Å²) in [6.07, 6.45) is 8.99. The van der Waals surface area contributed by atoms with Crippen LogP contribution < -0.4 is 0 Å². The minimum absolute atomic E-state index is 0.885. The molecular formula is C11H17IO. The third-order valence-corrected chi connectivity index (χ3v) is 3.13. The number of hydrogen-bond donors (Lipinski definition) is 0. The Balaban J connectivity index is 2.28. The predicted octanol–water partition coefficient (Wildman–Crippen LogP) is 3.84. The van der Waals surface area contributed by atoms with Crippen molar-refractivity contribution in [3.8, 4) is 0 Å². The molecule has 0 fully saturated rings. The number of allylic oxidation sites excluding steroid dienone is 4. The summed E-state index contributed by atoms with van der Waals surface area (Å²) < 4.78 is 6.78. The monoisotopic (exact) mass is 292 g/mol. The zero-order chi connectivity index (χ0) is 9.52. The van der Waals surface area contributed by atoms with Crippen LogP contribution in [0.1, 0.15) is 32.6 Å². The molecule has 0 unspecified atom stereocenters. The topological polar surface area (TPSA) is 9.23 Å². The first-order valence-electron chi connectivity index (χ1n) is 4.94. The predicted molar refractivity (Wildman–Crippen MR) is 65.1 cm³/mol. The van der Waals surface area contributed by atoms with Crippen molar-refractivity contribution in [3.05, 3.63) is 23.5 Å². The fourth-order valence-electron chi connectivity index (χ4n) is 1.24. The standard InChI is InChI=1S/C11H17IO/c1-2-3-8-13-11-6-4-10(9-12)5-7-11/h4,6H,2-3,5,7-9H2,1H3. The lowest BCUT2D eigenvalue weighted by molar-refractivity contribution is 0.197. The summed E-state index contributed by atoms with van der Waals surface area (Å²) in [5.74, 6) is 1.17. The molecule has 74 valence electrons. The van der Waals surface area contributed by atoms with Crippen LogP contribution in [-0.2, 0) is 4.74 Å². The number of alkyl halides is 1. The highest BCUT2D eigenvalue weighted by molar-refractivity contribution is 14.1. The second-order valence-electron chi connectivity index (χ2n) is 3.29. The van der Waals surface area contributed by atoms with Gasteiger partial charge in [0.2, 0.25) is 0 Å². The first kappa shape index (κ1) is 11.1. The van der Waals surface area contributed by atoms with E-state index >= 15 is 0 Å². The zero-order valence-corrected chi connectivity index (χ0v) is 10.3. The fraction of sp³-hybridized carbons (Fsp3) is 0.636. The first-order chi connectivity index (χ1) is 6.36. The van der Waals surface area contributed by atoms with Crippen LogP contribution in [0.2, 0.25) is 0 Å². The summed E-state index contributed by atoms with van der Waals surface area (Å²) in [6.45, 7) is 3.07. The van der Waals surface area contributed by atoms with E-state index in [4.69, 9.17) is 4.74 Å². The Morgan fingerprint density at radius 2 is 2.23 bits per heavy atom. The van der Waals surface area contributed by atoms with Gasteiger partial charge in [-0.1, -0.05) is 47.6 Å². The number of unbranched alkanes of at least 4 members (excludes halogenated alkanes) is 1. The van der Waals surface area contributed by atoms with Crippen molar-refractivity contribution in [3.63, 3.8) is 0 Å². The molecule has 0 amide bonds. The van der Waals surface area contributed by atoms with E-state index in [-0.39, 0.29) is 0 Å². The lowest BCUT2D eigenvalue weighted by Crippen LogP contribution is -1.99. The van der Waals surface area contributed by atoms with Crippen LogP contribution in [0.3, 0.4) is 0 Å². The molecule has 0 aromatic heterocycles. The summed E-state index contributed by atoms with van der Waals surface area (Å²) in [5, 5.41) is 0. The molecule has 1 aliphatic rings. The van der Waals surface area contributed by atoms with Gasteiger partial charge < -0.3 is 4.74 Å². The van der Waals surface area contributed by atoms with Gasteiger partial charge in [-0.3, -0.25) is 0 Å². The van der Waals surface area contributed by atoms with Crippen molar-refractivity contribution < 1.29 is 4.74 Å². The Morgan fingerprint density at radius 1 is 1.38 bits per heavy atom. The molecule has 0 bridgehead atoms. The van der Waals surface area contributed by atoms with E-state index in [1.165, 1.54) is 30.6 Å². The van der Waals surface area contributed by atoms with Crippen LogP contribution in [0.25, 0.3) is 0 Å². The van der Waals surface area contributed by atoms with Crippen LogP contribution in [0, 0.1) is 0 Å². The van der Waals surface area contributed by atoms with E-state index < -0.39 is 0 Å². The van der Waals surface area contributed by atoms with Gasteiger partial charge in [0.15, 0.2) is 0 Å². The molecule has 0 spiro atoms. The second kappa shape index (κ2) is 6.46. The van der Waals surface area contributed by atoms with Crippen LogP contribution in [0.4, 0.5) is 0 Å². The van der Waals surface area contributed by atoms with Crippen LogP contribution in [0.15, 0.2) is 23.5 Å². The van der Waals surface area contributed by atoms with Crippen molar-refractivity contribution in [1.82, 2.24) is 0 Å². The molecule has 0 aromatic carbocycles. The van der Waals surface area contributed by atoms with Crippen LogP contribution >= 0.6 is 22.6 Å². The minimum Gasteiger partial charge on any atom is -0.498 e. The maximum Gasteiger partial charge on any atom is 0.0962 e. The van der Waals surface area contributed by atoms with Gasteiger partial charge in [-0.25, -0.2) is 0 Å². The molecule has 1 rings (SSSR count). The minimum atomic E-state index is 0.885. The maximum absolute atomic E-state index is 5.63. The molecule has 0 aliphatic heterocycles. The van der Waals surface area contributed by atoms with Gasteiger partial charge in [0.25, 0.3) is 0 Å². The average molecular weight is 292 g/mol. The van der Waals surface area contributed by atoms with Crippen molar-refractivity contribution >= 4 is 22.6 Å². The zero-order valence-electron chi connectivity index (χ0n) is 8.18. The molecular weight excluding hydrogens is 275 g/mol. The second-order valence-corrected chi connectivity index (χ2v) is 4.06. The Morgan fingerprint density at radius 3 is 2.77 bits per heavy atom. The largest absolute Gasteiger partial charge is 0.498 e. The highest BCUT2D eigenvalue weighted by Crippen LogP contribution is 2.20. The average Bonchev–Trinajstić information content (AvgIpc) is 2.19. The van der Waals surface area contributed by atoms with Gasteiger partial charge in [0.05, 0.1) is 12.4 Å². The third kappa shape index (κ3) is 4.16. The summed E-state index contributed by atoms with van der Waals surface area (Å²) in [5.41, 5.74) is 1.53. The number of halogens is 1. The summed E-state index contributed by atoms with van der Waals surface area (Å²) in [6, 6.07) is 0. The number of hydrogen-bond acceptors (Lipinski definition) is 1. The molecule has 0 N–H and O–H groups in total. The maximum atomic E-state index is 5.63. The molecule has 13 heavy (non-hydrogen) atoms. The van der Waals surface area contributed by atoms with Gasteiger partial charge in [0.1, 0.15) is 0 Å². The quantitative estimate of drug-likeness (QED) is 0.425. The van der Waals surface area contributed by atoms with Gasteiger partial charge in [-0.15, -0.1) is 0 Å². The normalized spacial score (nSPS) is 16.5. The molecule has 0 aromatic rings. The molecule has 0 saturated heterocycles. The van der Waals surface area contributed by atoms with Crippen molar-refractivity contribution in [2.75, 3.05) is 11.0 Å². The van der Waals surface area contributed by atoms with Crippen molar-refractivity contribution in [1.29, 1.82) is 0 Å². The van der Waals surface area contributed by atoms with E-state index in [1.54, 1.807) is 0 Å². The van der Waals surface area contributed by atoms with Crippen molar-refractivity contribution in [2.45, 2.75) is 32.6 Å². The van der Waals surface area contributed by atoms with Gasteiger partial charge in [-0.2, -0.15) is 0 Å². The Hall–Kier alpha value is 0.01000. The van der Waals surface area contributed by atoms with E-state index in [0.717, 1.165) is 17.5 Å². The molecule has 1 aliphatic carbocycles. The fourth-order valence-corrected chi connectivity index (χ4v) is 1.88. The molecule has 0 radical (unpaired) electrons.